The third-order valence-electron chi connectivity index (χ3n) is 2.96. The summed E-state index contributed by atoms with van der Waals surface area (Å²) >= 11 is 0. The predicted molar refractivity (Wildman–Crippen MR) is 66.4 cm³/mol. The SMILES string of the molecule is CNC(CC(F)(F)F)c1ccc2ccccc2c1. The molecule has 0 fully saturated rings. The zero-order valence-corrected chi connectivity index (χ0v) is 9.96. The third-order valence-corrected chi connectivity index (χ3v) is 2.96. The first-order valence-corrected chi connectivity index (χ1v) is 5.72. The number of hydrogen-bond donors (Lipinski definition) is 1. The summed E-state index contributed by atoms with van der Waals surface area (Å²) in [7, 11) is 1.55. The highest BCUT2D eigenvalue weighted by molar-refractivity contribution is 5.83. The van der Waals surface area contributed by atoms with E-state index in [0.717, 1.165) is 10.8 Å². The van der Waals surface area contributed by atoms with Gasteiger partial charge in [-0.2, -0.15) is 13.2 Å². The van der Waals surface area contributed by atoms with E-state index < -0.39 is 18.6 Å². The largest absolute Gasteiger partial charge is 0.390 e. The van der Waals surface area contributed by atoms with E-state index >= 15 is 0 Å². The number of benzene rings is 2. The molecule has 0 radical (unpaired) electrons. The summed E-state index contributed by atoms with van der Waals surface area (Å²) in [6.45, 7) is 0. The van der Waals surface area contributed by atoms with Crippen LogP contribution in [0.2, 0.25) is 0 Å². The Labute approximate surface area is 104 Å². The molecule has 0 saturated carbocycles. The van der Waals surface area contributed by atoms with Crippen molar-refractivity contribution < 1.29 is 13.2 Å². The number of halogens is 3. The number of fused-ring (bicyclic) bond motifs is 1. The van der Waals surface area contributed by atoms with Crippen molar-refractivity contribution in [3.05, 3.63) is 48.0 Å². The Morgan fingerprint density at radius 3 is 2.33 bits per heavy atom. The van der Waals surface area contributed by atoms with E-state index in [9.17, 15) is 13.2 Å². The molecule has 2 rings (SSSR count). The zero-order valence-electron chi connectivity index (χ0n) is 9.96. The van der Waals surface area contributed by atoms with Crippen LogP contribution in [0.15, 0.2) is 42.5 Å². The average molecular weight is 253 g/mol. The highest BCUT2D eigenvalue weighted by Gasteiger charge is 2.31. The molecule has 96 valence electrons. The van der Waals surface area contributed by atoms with E-state index in [4.69, 9.17) is 0 Å². The smallest absolute Gasteiger partial charge is 0.313 e. The zero-order chi connectivity index (χ0) is 13.2. The summed E-state index contributed by atoms with van der Waals surface area (Å²) in [6, 6.07) is 12.3. The minimum absolute atomic E-state index is 0.661. The van der Waals surface area contributed by atoms with Crippen LogP contribution in [-0.2, 0) is 0 Å². The fourth-order valence-corrected chi connectivity index (χ4v) is 2.04. The van der Waals surface area contributed by atoms with Crippen LogP contribution >= 0.6 is 0 Å². The lowest BCUT2D eigenvalue weighted by Gasteiger charge is -2.19. The van der Waals surface area contributed by atoms with Gasteiger partial charge in [-0.1, -0.05) is 36.4 Å². The Bertz CT molecular complexity index is 534. The molecule has 0 aliphatic carbocycles. The van der Waals surface area contributed by atoms with Crippen molar-refractivity contribution in [3.8, 4) is 0 Å². The van der Waals surface area contributed by atoms with E-state index in [-0.39, 0.29) is 0 Å². The minimum atomic E-state index is -4.17. The standard InChI is InChI=1S/C14H14F3N/c1-18-13(9-14(15,16)17)12-7-6-10-4-2-3-5-11(10)8-12/h2-8,13,18H,9H2,1H3. The molecule has 2 aromatic carbocycles. The van der Waals surface area contributed by atoms with Crippen molar-refractivity contribution in [1.82, 2.24) is 5.32 Å². The lowest BCUT2D eigenvalue weighted by atomic mass is 10.00. The second kappa shape index (κ2) is 4.98. The van der Waals surface area contributed by atoms with Gasteiger partial charge in [0.15, 0.2) is 0 Å². The van der Waals surface area contributed by atoms with Crippen molar-refractivity contribution >= 4 is 10.8 Å². The summed E-state index contributed by atoms with van der Waals surface area (Å²) < 4.78 is 37.4. The normalized spacial score (nSPS) is 13.8. The van der Waals surface area contributed by atoms with Crippen molar-refractivity contribution in [1.29, 1.82) is 0 Å². The van der Waals surface area contributed by atoms with Crippen LogP contribution in [0.3, 0.4) is 0 Å². The fourth-order valence-electron chi connectivity index (χ4n) is 2.04. The molecule has 18 heavy (non-hydrogen) atoms. The van der Waals surface area contributed by atoms with Crippen LogP contribution in [0.4, 0.5) is 13.2 Å². The highest BCUT2D eigenvalue weighted by Crippen LogP contribution is 2.30. The second-order valence-corrected chi connectivity index (χ2v) is 4.27. The molecular weight excluding hydrogens is 239 g/mol. The van der Waals surface area contributed by atoms with E-state index in [0.29, 0.717) is 5.56 Å². The Kier molecular flexibility index (Phi) is 3.57. The average Bonchev–Trinajstić information content (AvgIpc) is 2.34. The van der Waals surface area contributed by atoms with Crippen LogP contribution in [0.25, 0.3) is 10.8 Å². The molecule has 2 aromatic rings. The van der Waals surface area contributed by atoms with Crippen molar-refractivity contribution in [2.75, 3.05) is 7.05 Å². The molecule has 0 aliphatic heterocycles. The maximum absolute atomic E-state index is 12.5. The van der Waals surface area contributed by atoms with E-state index in [1.807, 2.05) is 36.4 Å². The van der Waals surface area contributed by atoms with Gasteiger partial charge in [-0.3, -0.25) is 0 Å². The van der Waals surface area contributed by atoms with E-state index in [1.165, 1.54) is 0 Å². The molecule has 0 bridgehead atoms. The lowest BCUT2D eigenvalue weighted by Crippen LogP contribution is -2.23. The molecule has 1 N–H and O–H groups in total. The number of nitrogens with one attached hydrogen (secondary N) is 1. The molecule has 0 aromatic heterocycles. The Morgan fingerprint density at radius 2 is 1.72 bits per heavy atom. The Balaban J connectivity index is 2.33. The predicted octanol–water partition coefficient (Wildman–Crippen LogP) is 4.05. The number of hydrogen-bond acceptors (Lipinski definition) is 1. The molecule has 4 heteroatoms. The molecule has 1 nitrogen and oxygen atoms in total. The van der Waals surface area contributed by atoms with Gasteiger partial charge in [0.1, 0.15) is 0 Å². The first-order chi connectivity index (χ1) is 8.49. The summed E-state index contributed by atoms with van der Waals surface area (Å²) in [5.74, 6) is 0. The summed E-state index contributed by atoms with van der Waals surface area (Å²) in [5.41, 5.74) is 0.661. The van der Waals surface area contributed by atoms with Gasteiger partial charge < -0.3 is 5.32 Å². The van der Waals surface area contributed by atoms with Crippen molar-refractivity contribution in [2.45, 2.75) is 18.6 Å². The lowest BCUT2D eigenvalue weighted by molar-refractivity contribution is -0.140. The second-order valence-electron chi connectivity index (χ2n) is 4.27. The molecule has 0 aliphatic rings. The van der Waals surface area contributed by atoms with Crippen molar-refractivity contribution in [2.24, 2.45) is 0 Å². The molecule has 1 atom stereocenters. The Morgan fingerprint density at radius 1 is 1.06 bits per heavy atom. The molecule has 0 amide bonds. The summed E-state index contributed by atoms with van der Waals surface area (Å²) in [4.78, 5) is 0. The van der Waals surface area contributed by atoms with Gasteiger partial charge in [-0.15, -0.1) is 0 Å². The molecule has 0 heterocycles. The van der Waals surface area contributed by atoms with Gasteiger partial charge in [0.25, 0.3) is 0 Å². The molecule has 0 saturated heterocycles. The van der Waals surface area contributed by atoms with Crippen LogP contribution in [0, 0.1) is 0 Å². The maximum Gasteiger partial charge on any atom is 0.390 e. The molecule has 0 spiro atoms. The maximum atomic E-state index is 12.5. The van der Waals surface area contributed by atoms with Gasteiger partial charge in [-0.25, -0.2) is 0 Å². The topological polar surface area (TPSA) is 12.0 Å². The molecular formula is C14H14F3N. The third kappa shape index (κ3) is 3.01. The number of rotatable bonds is 3. The first-order valence-electron chi connectivity index (χ1n) is 5.72. The fraction of sp³-hybridized carbons (Fsp3) is 0.286. The van der Waals surface area contributed by atoms with Crippen LogP contribution in [-0.4, -0.2) is 13.2 Å². The molecule has 1 unspecified atom stereocenters. The van der Waals surface area contributed by atoms with Gasteiger partial charge in [0, 0.05) is 6.04 Å². The van der Waals surface area contributed by atoms with Gasteiger partial charge >= 0.3 is 6.18 Å². The van der Waals surface area contributed by atoms with Crippen LogP contribution in [0.5, 0.6) is 0 Å². The van der Waals surface area contributed by atoms with E-state index in [2.05, 4.69) is 5.32 Å². The van der Waals surface area contributed by atoms with Gasteiger partial charge in [0.2, 0.25) is 0 Å². The van der Waals surface area contributed by atoms with Crippen LogP contribution in [0.1, 0.15) is 18.0 Å². The monoisotopic (exact) mass is 253 g/mol. The summed E-state index contributed by atoms with van der Waals surface area (Å²) in [6.07, 6.45) is -5.03. The minimum Gasteiger partial charge on any atom is -0.313 e. The van der Waals surface area contributed by atoms with Gasteiger partial charge in [-0.05, 0) is 29.4 Å². The summed E-state index contributed by atoms with van der Waals surface area (Å²) in [5, 5.41) is 4.71. The van der Waals surface area contributed by atoms with E-state index in [1.54, 1.807) is 13.1 Å². The van der Waals surface area contributed by atoms with Gasteiger partial charge in [0.05, 0.1) is 6.42 Å². The first kappa shape index (κ1) is 12.9. The number of alkyl halides is 3. The Hall–Kier alpha value is -1.55. The highest BCUT2D eigenvalue weighted by atomic mass is 19.4. The van der Waals surface area contributed by atoms with Crippen LogP contribution < -0.4 is 5.32 Å². The quantitative estimate of drug-likeness (QED) is 0.870. The van der Waals surface area contributed by atoms with Crippen molar-refractivity contribution in [3.63, 3.8) is 0 Å².